The molecule has 4 aromatic rings. The highest BCUT2D eigenvalue weighted by molar-refractivity contribution is 7.23. The lowest BCUT2D eigenvalue weighted by molar-refractivity contribution is -0.158. The number of aliphatic hydroxyl groups excluding tert-OH is 1. The fraction of sp³-hybridized carbons (Fsp3) is 0.261. The predicted octanol–water partition coefficient (Wildman–Crippen LogP) is 4.46. The molecule has 0 aliphatic carbocycles. The minimum atomic E-state index is -0.581. The molecule has 0 radical (unpaired) electrons. The van der Waals surface area contributed by atoms with Gasteiger partial charge in [0, 0.05) is 18.7 Å². The van der Waals surface area contributed by atoms with Gasteiger partial charge in [-0.2, -0.15) is 0 Å². The number of imidazole rings is 1. The zero-order valence-corrected chi connectivity index (χ0v) is 18.6. The molecule has 8 heteroatoms. The van der Waals surface area contributed by atoms with Gasteiger partial charge in [-0.25, -0.2) is 9.78 Å². The number of rotatable bonds is 3. The molecule has 2 aromatic carbocycles. The van der Waals surface area contributed by atoms with Crippen LogP contribution in [0.5, 0.6) is 5.75 Å². The fourth-order valence-electron chi connectivity index (χ4n) is 2.85. The number of esters is 2. The third kappa shape index (κ3) is 5.90. The molecule has 0 unspecified atom stereocenters. The molecule has 0 bridgehead atoms. The average Bonchev–Trinajstić information content (AvgIpc) is 3.25. The van der Waals surface area contributed by atoms with Crippen LogP contribution in [0.2, 0.25) is 0 Å². The fourth-order valence-corrected chi connectivity index (χ4v) is 3.85. The van der Waals surface area contributed by atoms with E-state index in [2.05, 4.69) is 21.5 Å². The van der Waals surface area contributed by atoms with Crippen molar-refractivity contribution in [3.63, 3.8) is 0 Å². The number of fused-ring (bicyclic) bond motifs is 3. The Hall–Kier alpha value is -3.23. The minimum absolute atomic E-state index is 0.325. The molecule has 0 saturated carbocycles. The number of hydrogen-bond acceptors (Lipinski definition) is 7. The summed E-state index contributed by atoms with van der Waals surface area (Å²) in [5, 5.41) is 8.22. The summed E-state index contributed by atoms with van der Waals surface area (Å²) in [5.74, 6) is -0.373. The van der Waals surface area contributed by atoms with E-state index in [4.69, 9.17) is 14.6 Å². The highest BCUT2D eigenvalue weighted by Crippen LogP contribution is 2.30. The topological polar surface area (TPSA) is 90.1 Å². The van der Waals surface area contributed by atoms with Gasteiger partial charge in [0.1, 0.15) is 18.0 Å². The summed E-state index contributed by atoms with van der Waals surface area (Å²) >= 11 is 1.66. The van der Waals surface area contributed by atoms with Crippen LogP contribution in [-0.2, 0) is 14.3 Å². The Morgan fingerprint density at radius 2 is 1.87 bits per heavy atom. The average molecular weight is 441 g/mol. The summed E-state index contributed by atoms with van der Waals surface area (Å²) in [5.41, 5.74) is 2.46. The lowest BCUT2D eigenvalue weighted by Crippen LogP contribution is -2.25. The lowest BCUT2D eigenvalue weighted by atomic mass is 10.1. The van der Waals surface area contributed by atoms with E-state index in [9.17, 15) is 9.59 Å². The monoisotopic (exact) mass is 440 g/mol. The zero-order chi connectivity index (χ0) is 22.6. The van der Waals surface area contributed by atoms with E-state index in [1.165, 1.54) is 11.6 Å². The molecule has 2 aromatic heterocycles. The molecule has 4 rings (SSSR count). The lowest BCUT2D eigenvalue weighted by Gasteiger charge is -2.18. The Bertz CT molecular complexity index is 1220. The standard InChI is InChI=1S/C17H12N2O2S.C6H12O3/c1-11(20)21-13-6-4-5-12(9-13)14-10-19-15-7-2-3-8-16(15)22-17(19)18-14;1-6(2,3)9-5(8)4-7/h2-10H,1H3;7H,4H2,1-3H3. The largest absolute Gasteiger partial charge is 0.458 e. The number of benzene rings is 2. The number of para-hydroxylation sites is 1. The highest BCUT2D eigenvalue weighted by atomic mass is 32.1. The first kappa shape index (κ1) is 22.5. The molecule has 31 heavy (non-hydrogen) atoms. The van der Waals surface area contributed by atoms with Gasteiger partial charge < -0.3 is 14.6 Å². The molecule has 1 N–H and O–H groups in total. The predicted molar refractivity (Wildman–Crippen MR) is 120 cm³/mol. The van der Waals surface area contributed by atoms with Gasteiger partial charge in [0.2, 0.25) is 0 Å². The summed E-state index contributed by atoms with van der Waals surface area (Å²) in [4.78, 5) is 27.1. The van der Waals surface area contributed by atoms with Crippen LogP contribution in [-0.4, -0.2) is 38.6 Å². The molecule has 162 valence electrons. The first-order valence-electron chi connectivity index (χ1n) is 9.64. The second-order valence-corrected chi connectivity index (χ2v) is 8.72. The van der Waals surface area contributed by atoms with Crippen LogP contribution in [0, 0.1) is 0 Å². The number of thiazole rings is 1. The number of aliphatic hydroxyl groups is 1. The van der Waals surface area contributed by atoms with Crippen LogP contribution in [0.3, 0.4) is 0 Å². The Kier molecular flexibility index (Phi) is 6.72. The van der Waals surface area contributed by atoms with Crippen molar-refractivity contribution in [3.05, 3.63) is 54.7 Å². The van der Waals surface area contributed by atoms with Gasteiger partial charge in [0.25, 0.3) is 0 Å². The quantitative estimate of drug-likeness (QED) is 0.374. The van der Waals surface area contributed by atoms with Gasteiger partial charge >= 0.3 is 11.9 Å². The summed E-state index contributed by atoms with van der Waals surface area (Å²) in [6.45, 7) is 6.10. The number of nitrogens with zero attached hydrogens (tertiary/aromatic N) is 2. The zero-order valence-electron chi connectivity index (χ0n) is 17.8. The molecule has 0 spiro atoms. The molecule has 0 amide bonds. The van der Waals surface area contributed by atoms with Gasteiger partial charge in [-0.1, -0.05) is 35.6 Å². The van der Waals surface area contributed by atoms with Crippen molar-refractivity contribution in [1.29, 1.82) is 0 Å². The molecule has 0 aliphatic rings. The minimum Gasteiger partial charge on any atom is -0.458 e. The molecule has 0 atom stereocenters. The summed E-state index contributed by atoms with van der Waals surface area (Å²) in [6, 6.07) is 15.6. The second-order valence-electron chi connectivity index (χ2n) is 7.71. The van der Waals surface area contributed by atoms with E-state index < -0.39 is 18.2 Å². The van der Waals surface area contributed by atoms with Crippen LogP contribution in [0.25, 0.3) is 26.4 Å². The molecule has 2 heterocycles. The maximum atomic E-state index is 11.1. The van der Waals surface area contributed by atoms with Crippen molar-refractivity contribution in [1.82, 2.24) is 9.38 Å². The Balaban J connectivity index is 0.000000259. The maximum Gasteiger partial charge on any atom is 0.332 e. The van der Waals surface area contributed by atoms with Crippen LogP contribution in [0.1, 0.15) is 27.7 Å². The Morgan fingerprint density at radius 3 is 2.52 bits per heavy atom. The first-order valence-corrected chi connectivity index (χ1v) is 10.5. The molecular formula is C23H24N2O5S. The maximum absolute atomic E-state index is 11.1. The smallest absolute Gasteiger partial charge is 0.332 e. The van der Waals surface area contributed by atoms with E-state index in [0.29, 0.717) is 5.75 Å². The SMILES string of the molecule is CC(=O)Oc1cccc(-c2cn3c(n2)sc2ccccc23)c1.CC(C)(C)OC(=O)CO. The van der Waals surface area contributed by atoms with Crippen molar-refractivity contribution in [2.75, 3.05) is 6.61 Å². The number of carbonyl (C=O) groups is 2. The summed E-state index contributed by atoms with van der Waals surface area (Å²) in [6.07, 6.45) is 2.01. The van der Waals surface area contributed by atoms with Crippen molar-refractivity contribution in [2.45, 2.75) is 33.3 Å². The summed E-state index contributed by atoms with van der Waals surface area (Å²) < 4.78 is 13.1. The number of carbonyl (C=O) groups excluding carboxylic acids is 2. The molecule has 0 fully saturated rings. The van der Waals surface area contributed by atoms with Crippen LogP contribution in [0.4, 0.5) is 0 Å². The molecule has 0 saturated heterocycles. The van der Waals surface area contributed by atoms with Crippen molar-refractivity contribution < 1.29 is 24.2 Å². The van der Waals surface area contributed by atoms with Crippen LogP contribution >= 0.6 is 11.3 Å². The van der Waals surface area contributed by atoms with Crippen LogP contribution < -0.4 is 4.74 Å². The summed E-state index contributed by atoms with van der Waals surface area (Å²) in [7, 11) is 0. The van der Waals surface area contributed by atoms with Crippen molar-refractivity contribution in [2.24, 2.45) is 0 Å². The van der Waals surface area contributed by atoms with Crippen molar-refractivity contribution in [3.8, 4) is 17.0 Å². The van der Waals surface area contributed by atoms with Crippen molar-refractivity contribution >= 4 is 38.5 Å². The van der Waals surface area contributed by atoms with Gasteiger partial charge in [-0.15, -0.1) is 0 Å². The van der Waals surface area contributed by atoms with E-state index in [0.717, 1.165) is 21.7 Å². The van der Waals surface area contributed by atoms with Gasteiger partial charge in [0.15, 0.2) is 4.96 Å². The Morgan fingerprint density at radius 1 is 1.13 bits per heavy atom. The van der Waals surface area contributed by atoms with E-state index in [-0.39, 0.29) is 5.97 Å². The Labute approximate surface area is 183 Å². The third-order valence-corrected chi connectivity index (χ3v) is 4.98. The van der Waals surface area contributed by atoms with E-state index in [1.54, 1.807) is 38.2 Å². The normalized spacial score (nSPS) is 11.1. The molecule has 0 aliphatic heterocycles. The van der Waals surface area contributed by atoms with E-state index >= 15 is 0 Å². The van der Waals surface area contributed by atoms with Gasteiger partial charge in [-0.05, 0) is 45.0 Å². The molecule has 7 nitrogen and oxygen atoms in total. The van der Waals surface area contributed by atoms with Gasteiger partial charge in [-0.3, -0.25) is 9.20 Å². The molecular weight excluding hydrogens is 416 g/mol. The van der Waals surface area contributed by atoms with E-state index in [1.807, 2.05) is 36.5 Å². The number of hydrogen-bond donors (Lipinski definition) is 1. The first-order chi connectivity index (χ1) is 14.7. The van der Waals surface area contributed by atoms with Gasteiger partial charge in [0.05, 0.1) is 15.9 Å². The number of ether oxygens (including phenoxy) is 2. The highest BCUT2D eigenvalue weighted by Gasteiger charge is 2.14. The second kappa shape index (κ2) is 9.28. The number of aromatic nitrogens is 2. The van der Waals surface area contributed by atoms with Crippen LogP contribution in [0.15, 0.2) is 54.7 Å². The third-order valence-electron chi connectivity index (χ3n) is 3.94.